The van der Waals surface area contributed by atoms with Crippen molar-refractivity contribution in [3.05, 3.63) is 71.3 Å². The number of carbonyl (C=O) groups excluding carboxylic acids is 3. The Morgan fingerprint density at radius 2 is 1.61 bits per heavy atom. The summed E-state index contributed by atoms with van der Waals surface area (Å²) in [5, 5.41) is 29.6. The number of hydrogen-bond donors (Lipinski definition) is 6. The first-order valence-corrected chi connectivity index (χ1v) is 15.2. The lowest BCUT2D eigenvalue weighted by atomic mass is 9.94. The zero-order valence-corrected chi connectivity index (χ0v) is 25.8. The number of ether oxygens (including phenoxy) is 2. The number of amides is 3. The second kappa shape index (κ2) is 13.5. The smallest absolute Gasteiger partial charge is 0.326 e. The summed E-state index contributed by atoms with van der Waals surface area (Å²) < 4.78 is 11.8. The van der Waals surface area contributed by atoms with Crippen LogP contribution >= 0.6 is 0 Å². The molecule has 0 saturated carbocycles. The Kier molecular flexibility index (Phi) is 9.47. The molecule has 0 unspecified atom stereocenters. The first-order valence-electron chi connectivity index (χ1n) is 15.2. The number of benzene rings is 3. The molecule has 0 spiro atoms. The molecule has 3 aliphatic rings. The number of aromatic hydroxyl groups is 1. The van der Waals surface area contributed by atoms with Crippen molar-refractivity contribution in [2.75, 3.05) is 7.11 Å². The Balaban J connectivity index is 1.74. The molecular formula is C34H38N4O8. The average molecular weight is 631 g/mol. The summed E-state index contributed by atoms with van der Waals surface area (Å²) in [5.74, 6) is -2.78. The molecule has 3 aromatic carbocycles. The average Bonchev–Trinajstić information content (AvgIpc) is 3.03. The van der Waals surface area contributed by atoms with E-state index in [2.05, 4.69) is 16.0 Å². The van der Waals surface area contributed by atoms with Gasteiger partial charge in [0.2, 0.25) is 17.7 Å². The standard InChI is InChI=1S/C34H38N4O8/c1-4-17(2)29-33(42)36-25-15-20-12-23(22-11-19(7-10-27(22)45-3)13-24(35)31(40)38-29)30(39)28(16-20)46-21-8-5-18(6-9-21)14-26(34(43)44)37-32(25)41/h5-12,16-17,24-26,29,39H,4,13-15,35H2,1-3H3,(H,36,42)(H,37,41)(H,38,40)(H,43,44)/t17-,24-,25-,26-,29-/m0/s1. The Labute approximate surface area is 266 Å². The molecule has 0 fully saturated rings. The van der Waals surface area contributed by atoms with Gasteiger partial charge in [-0.2, -0.15) is 0 Å². The molecule has 5 atom stereocenters. The van der Waals surface area contributed by atoms with Crippen molar-refractivity contribution >= 4 is 23.7 Å². The number of phenols is 1. The molecule has 0 saturated heterocycles. The number of nitrogens with two attached hydrogens (primary N) is 1. The summed E-state index contributed by atoms with van der Waals surface area (Å²) in [6.45, 7) is 3.67. The normalized spacial score (nSPS) is 22.3. The second-order valence-electron chi connectivity index (χ2n) is 11.8. The number of carboxylic acids is 1. The van der Waals surface area contributed by atoms with Gasteiger partial charge >= 0.3 is 5.97 Å². The first-order chi connectivity index (χ1) is 22.0. The third kappa shape index (κ3) is 6.91. The van der Waals surface area contributed by atoms with E-state index in [1.54, 1.807) is 61.5 Å². The lowest BCUT2D eigenvalue weighted by molar-refractivity contribution is -0.142. The van der Waals surface area contributed by atoms with E-state index in [4.69, 9.17) is 15.2 Å². The number of hydrogen-bond acceptors (Lipinski definition) is 8. The van der Waals surface area contributed by atoms with Crippen LogP contribution in [0, 0.1) is 5.92 Å². The highest BCUT2D eigenvalue weighted by molar-refractivity contribution is 5.94. The predicted molar refractivity (Wildman–Crippen MR) is 169 cm³/mol. The Hall–Kier alpha value is -5.10. The summed E-state index contributed by atoms with van der Waals surface area (Å²) in [7, 11) is 1.49. The third-order valence-corrected chi connectivity index (χ3v) is 8.55. The van der Waals surface area contributed by atoms with Gasteiger partial charge in [-0.05, 0) is 65.4 Å². The van der Waals surface area contributed by atoms with Gasteiger partial charge in [0.25, 0.3) is 0 Å². The maximum atomic E-state index is 13.8. The summed E-state index contributed by atoms with van der Waals surface area (Å²) in [6.07, 6.45) is 0.527. The molecule has 12 heteroatoms. The number of nitrogens with one attached hydrogen (secondary N) is 3. The van der Waals surface area contributed by atoms with Crippen molar-refractivity contribution in [1.29, 1.82) is 0 Å². The van der Waals surface area contributed by atoms with E-state index >= 15 is 0 Å². The van der Waals surface area contributed by atoms with E-state index in [1.165, 1.54) is 7.11 Å². The quantitative estimate of drug-likeness (QED) is 0.252. The van der Waals surface area contributed by atoms with Crippen molar-refractivity contribution in [3.63, 3.8) is 0 Å². The number of methoxy groups -OCH3 is 1. The van der Waals surface area contributed by atoms with Crippen LogP contribution in [0.5, 0.6) is 23.0 Å². The summed E-state index contributed by atoms with van der Waals surface area (Å²) in [6, 6.07) is 10.5. The molecule has 6 rings (SSSR count). The lowest BCUT2D eigenvalue weighted by Gasteiger charge is -2.28. The molecule has 0 aliphatic carbocycles. The number of fused-ring (bicyclic) bond motifs is 9. The number of phenolic OH excluding ortho intramolecular Hbond substituents is 1. The van der Waals surface area contributed by atoms with Crippen LogP contribution in [0.3, 0.4) is 0 Å². The highest BCUT2D eigenvalue weighted by atomic mass is 16.5. The fraction of sp³-hybridized carbons (Fsp3) is 0.353. The van der Waals surface area contributed by atoms with E-state index in [9.17, 15) is 29.4 Å². The summed E-state index contributed by atoms with van der Waals surface area (Å²) in [5.41, 5.74) is 8.91. The minimum atomic E-state index is -1.29. The zero-order valence-electron chi connectivity index (χ0n) is 25.8. The summed E-state index contributed by atoms with van der Waals surface area (Å²) in [4.78, 5) is 53.1. The van der Waals surface area contributed by atoms with E-state index < -0.39 is 47.9 Å². The van der Waals surface area contributed by atoms with Gasteiger partial charge in [0, 0.05) is 24.0 Å². The van der Waals surface area contributed by atoms with Gasteiger partial charge in [-0.3, -0.25) is 14.4 Å². The van der Waals surface area contributed by atoms with Gasteiger partial charge in [0.05, 0.1) is 13.2 Å². The third-order valence-electron chi connectivity index (χ3n) is 8.55. The van der Waals surface area contributed by atoms with Crippen LogP contribution in [0.25, 0.3) is 11.1 Å². The lowest BCUT2D eigenvalue weighted by Crippen LogP contribution is -2.59. The van der Waals surface area contributed by atoms with Gasteiger partial charge in [-0.15, -0.1) is 0 Å². The van der Waals surface area contributed by atoms with Crippen LogP contribution in [0.4, 0.5) is 0 Å². The largest absolute Gasteiger partial charge is 0.504 e. The Morgan fingerprint density at radius 1 is 0.913 bits per heavy atom. The fourth-order valence-electron chi connectivity index (χ4n) is 5.70. The molecular weight excluding hydrogens is 592 g/mol. The molecule has 3 heterocycles. The summed E-state index contributed by atoms with van der Waals surface area (Å²) >= 11 is 0. The zero-order chi connectivity index (χ0) is 33.1. The van der Waals surface area contributed by atoms with Crippen LogP contribution in [0.2, 0.25) is 0 Å². The van der Waals surface area contributed by atoms with Crippen molar-refractivity contribution in [3.8, 4) is 34.1 Å². The number of aliphatic carboxylic acids is 1. The maximum Gasteiger partial charge on any atom is 0.326 e. The second-order valence-corrected chi connectivity index (χ2v) is 11.8. The molecule has 7 N–H and O–H groups in total. The van der Waals surface area contributed by atoms with E-state index in [-0.39, 0.29) is 36.7 Å². The van der Waals surface area contributed by atoms with Crippen LogP contribution in [0.15, 0.2) is 54.6 Å². The van der Waals surface area contributed by atoms with Gasteiger partial charge in [0.15, 0.2) is 11.5 Å². The topological polar surface area (TPSA) is 189 Å². The number of rotatable bonds is 4. The molecule has 46 heavy (non-hydrogen) atoms. The van der Waals surface area contributed by atoms with Crippen LogP contribution in [-0.4, -0.2) is 65.2 Å². The molecule has 8 bridgehead atoms. The SMILES string of the molecule is CC[C@H](C)[C@@H]1NC(=O)[C@@H](N)Cc2ccc(OC)c(c2)-c2cc3cc(c2O)Oc2ccc(cc2)C[C@@H](C(=O)O)NC(=O)[C@H](C3)NC1=O. The van der Waals surface area contributed by atoms with Crippen molar-refractivity contribution in [1.82, 2.24) is 16.0 Å². The van der Waals surface area contributed by atoms with Crippen molar-refractivity contribution < 1.29 is 38.9 Å². The van der Waals surface area contributed by atoms with Crippen LogP contribution in [0.1, 0.15) is 37.0 Å². The minimum Gasteiger partial charge on any atom is -0.504 e. The molecule has 3 aromatic rings. The molecule has 242 valence electrons. The van der Waals surface area contributed by atoms with E-state index in [0.717, 1.165) is 0 Å². The fourth-order valence-corrected chi connectivity index (χ4v) is 5.70. The van der Waals surface area contributed by atoms with Crippen molar-refractivity contribution in [2.24, 2.45) is 11.7 Å². The van der Waals surface area contributed by atoms with Crippen molar-refractivity contribution in [2.45, 2.75) is 63.7 Å². The molecule has 3 aliphatic heterocycles. The van der Waals surface area contributed by atoms with Gasteiger partial charge in [-0.25, -0.2) is 4.79 Å². The molecule has 0 radical (unpaired) electrons. The Bertz CT molecular complexity index is 1660. The van der Waals surface area contributed by atoms with Gasteiger partial charge < -0.3 is 41.4 Å². The van der Waals surface area contributed by atoms with Crippen LogP contribution < -0.4 is 31.2 Å². The molecule has 3 amide bonds. The molecule has 0 aromatic heterocycles. The maximum absolute atomic E-state index is 13.8. The Morgan fingerprint density at radius 3 is 2.28 bits per heavy atom. The van der Waals surface area contributed by atoms with E-state index in [1.807, 2.05) is 6.92 Å². The minimum absolute atomic E-state index is 0.0255. The van der Waals surface area contributed by atoms with E-state index in [0.29, 0.717) is 45.7 Å². The predicted octanol–water partition coefficient (Wildman–Crippen LogP) is 2.43. The number of carboxylic acid groups (broad SMARTS) is 1. The van der Waals surface area contributed by atoms with Gasteiger partial charge in [-0.1, -0.05) is 38.5 Å². The highest BCUT2D eigenvalue weighted by Gasteiger charge is 2.34. The molecule has 12 nitrogen and oxygen atoms in total. The number of carbonyl (C=O) groups is 4. The van der Waals surface area contributed by atoms with Crippen LogP contribution in [-0.2, 0) is 38.4 Å². The first kappa shape index (κ1) is 32.3. The highest BCUT2D eigenvalue weighted by Crippen LogP contribution is 2.44. The monoisotopic (exact) mass is 630 g/mol. The van der Waals surface area contributed by atoms with Gasteiger partial charge in [0.1, 0.15) is 29.6 Å².